The highest BCUT2D eigenvalue weighted by Crippen LogP contribution is 2.19. The molecule has 0 bridgehead atoms. The van der Waals surface area contributed by atoms with Gasteiger partial charge in [0.1, 0.15) is 16.7 Å². The molecule has 0 unspecified atom stereocenters. The van der Waals surface area contributed by atoms with Gasteiger partial charge in [-0.25, -0.2) is 14.6 Å². The topological polar surface area (TPSA) is 56.5 Å². The molecular weight excluding hydrogens is 238 g/mol. The summed E-state index contributed by atoms with van der Waals surface area (Å²) in [5.74, 6) is 0.733. The van der Waals surface area contributed by atoms with Gasteiger partial charge in [0.25, 0.3) is 0 Å². The molecule has 0 atom stereocenters. The molecule has 0 N–H and O–H groups in total. The maximum absolute atomic E-state index is 5.97. The van der Waals surface area contributed by atoms with Crippen LogP contribution in [0.4, 0.5) is 0 Å². The molecule has 0 aromatic carbocycles. The molecule has 0 aliphatic rings. The lowest BCUT2D eigenvalue weighted by Gasteiger charge is -2.05. The number of aromatic nitrogens is 5. The molecule has 5 nitrogen and oxygen atoms in total. The van der Waals surface area contributed by atoms with Crippen LogP contribution in [0.3, 0.4) is 0 Å². The van der Waals surface area contributed by atoms with E-state index in [0.717, 1.165) is 36.6 Å². The molecule has 0 spiro atoms. The zero-order valence-corrected chi connectivity index (χ0v) is 10.6. The van der Waals surface area contributed by atoms with Gasteiger partial charge in [-0.15, -0.1) is 5.10 Å². The van der Waals surface area contributed by atoms with Crippen LogP contribution in [0.5, 0.6) is 0 Å². The Bertz CT molecular complexity index is 508. The van der Waals surface area contributed by atoms with Crippen LogP contribution in [0.1, 0.15) is 26.1 Å². The third-order valence-corrected chi connectivity index (χ3v) is 2.57. The Morgan fingerprint density at radius 3 is 2.82 bits per heavy atom. The Kier molecular flexibility index (Phi) is 3.68. The number of rotatable bonds is 4. The van der Waals surface area contributed by atoms with Gasteiger partial charge in [0, 0.05) is 19.0 Å². The molecule has 90 valence electrons. The maximum atomic E-state index is 5.97. The molecule has 0 amide bonds. The molecule has 2 aromatic rings. The second-order valence-electron chi connectivity index (χ2n) is 3.69. The maximum Gasteiger partial charge on any atom is 0.133 e. The van der Waals surface area contributed by atoms with Gasteiger partial charge in [0.2, 0.25) is 0 Å². The number of halogens is 1. The van der Waals surface area contributed by atoms with Crippen molar-refractivity contribution in [1.82, 2.24) is 25.0 Å². The van der Waals surface area contributed by atoms with Crippen molar-refractivity contribution in [2.45, 2.75) is 33.2 Å². The smallest absolute Gasteiger partial charge is 0.133 e. The predicted molar refractivity (Wildman–Crippen MR) is 65.7 cm³/mol. The Labute approximate surface area is 105 Å². The van der Waals surface area contributed by atoms with Gasteiger partial charge >= 0.3 is 0 Å². The Morgan fingerprint density at radius 1 is 1.29 bits per heavy atom. The van der Waals surface area contributed by atoms with E-state index in [4.69, 9.17) is 11.6 Å². The molecule has 0 saturated heterocycles. The lowest BCUT2D eigenvalue weighted by Crippen LogP contribution is -2.04. The molecule has 2 rings (SSSR count). The highest BCUT2D eigenvalue weighted by atomic mass is 35.5. The second kappa shape index (κ2) is 5.23. The van der Waals surface area contributed by atoms with Crippen molar-refractivity contribution in [3.05, 3.63) is 23.2 Å². The average Bonchev–Trinajstić information content (AvgIpc) is 2.77. The summed E-state index contributed by atoms with van der Waals surface area (Å²) in [6, 6.07) is 1.74. The summed E-state index contributed by atoms with van der Waals surface area (Å²) in [7, 11) is 0. The molecule has 0 aliphatic heterocycles. The minimum Gasteiger partial charge on any atom is -0.243 e. The van der Waals surface area contributed by atoms with Crippen molar-refractivity contribution in [2.24, 2.45) is 0 Å². The van der Waals surface area contributed by atoms with Crippen molar-refractivity contribution in [2.75, 3.05) is 0 Å². The normalized spacial score (nSPS) is 10.8. The third kappa shape index (κ3) is 2.61. The highest BCUT2D eigenvalue weighted by molar-refractivity contribution is 6.29. The Morgan fingerprint density at radius 2 is 2.12 bits per heavy atom. The molecule has 0 aliphatic carbocycles. The van der Waals surface area contributed by atoms with Gasteiger partial charge in [0.15, 0.2) is 0 Å². The van der Waals surface area contributed by atoms with E-state index in [1.165, 1.54) is 0 Å². The standard InChI is InChI=1S/C11H14ClN5/c1-3-5-17-9(7-13-16-17)8-6-10(12)15-11(4-2)14-8/h6-7H,3-5H2,1-2H3. The number of nitrogens with zero attached hydrogens (tertiary/aromatic N) is 5. The van der Waals surface area contributed by atoms with E-state index in [2.05, 4.69) is 27.2 Å². The molecule has 17 heavy (non-hydrogen) atoms. The summed E-state index contributed by atoms with van der Waals surface area (Å²) in [4.78, 5) is 8.58. The van der Waals surface area contributed by atoms with Crippen LogP contribution in [0, 0.1) is 0 Å². The fourth-order valence-electron chi connectivity index (χ4n) is 1.59. The summed E-state index contributed by atoms with van der Waals surface area (Å²) >= 11 is 5.97. The van der Waals surface area contributed by atoms with Crippen molar-refractivity contribution >= 4 is 11.6 Å². The van der Waals surface area contributed by atoms with Gasteiger partial charge in [0.05, 0.1) is 11.9 Å². The van der Waals surface area contributed by atoms with Crippen molar-refractivity contribution in [3.63, 3.8) is 0 Å². The zero-order valence-electron chi connectivity index (χ0n) is 9.89. The van der Waals surface area contributed by atoms with Crippen LogP contribution in [0.15, 0.2) is 12.3 Å². The van der Waals surface area contributed by atoms with Gasteiger partial charge in [-0.3, -0.25) is 0 Å². The van der Waals surface area contributed by atoms with Crippen LogP contribution >= 0.6 is 11.6 Å². The van der Waals surface area contributed by atoms with Crippen LogP contribution in [-0.2, 0) is 13.0 Å². The van der Waals surface area contributed by atoms with Crippen LogP contribution in [0.2, 0.25) is 5.15 Å². The highest BCUT2D eigenvalue weighted by Gasteiger charge is 2.10. The lowest BCUT2D eigenvalue weighted by molar-refractivity contribution is 0.583. The molecular formula is C11H14ClN5. The molecule has 0 saturated carbocycles. The Balaban J connectivity index is 2.44. The van der Waals surface area contributed by atoms with Crippen LogP contribution in [0.25, 0.3) is 11.4 Å². The van der Waals surface area contributed by atoms with Gasteiger partial charge in [-0.2, -0.15) is 0 Å². The molecule has 0 radical (unpaired) electrons. The largest absolute Gasteiger partial charge is 0.243 e. The molecule has 6 heteroatoms. The zero-order chi connectivity index (χ0) is 12.3. The van der Waals surface area contributed by atoms with E-state index in [-0.39, 0.29) is 0 Å². The van der Waals surface area contributed by atoms with E-state index in [1.54, 1.807) is 12.3 Å². The van der Waals surface area contributed by atoms with E-state index in [0.29, 0.717) is 5.15 Å². The number of aryl methyl sites for hydroxylation is 2. The first-order valence-electron chi connectivity index (χ1n) is 5.67. The minimum absolute atomic E-state index is 0.455. The fourth-order valence-corrected chi connectivity index (χ4v) is 1.79. The molecule has 0 fully saturated rings. The molecule has 2 heterocycles. The van der Waals surface area contributed by atoms with Crippen molar-refractivity contribution < 1.29 is 0 Å². The average molecular weight is 252 g/mol. The fraction of sp³-hybridized carbons (Fsp3) is 0.455. The van der Waals surface area contributed by atoms with Gasteiger partial charge < -0.3 is 0 Å². The minimum atomic E-state index is 0.455. The van der Waals surface area contributed by atoms with Gasteiger partial charge in [-0.1, -0.05) is 30.7 Å². The van der Waals surface area contributed by atoms with Crippen LogP contribution in [-0.4, -0.2) is 25.0 Å². The Hall–Kier alpha value is -1.49. The predicted octanol–water partition coefficient (Wildman–Crippen LogP) is 2.36. The first kappa shape index (κ1) is 12.0. The number of hydrogen-bond donors (Lipinski definition) is 0. The monoisotopic (exact) mass is 251 g/mol. The summed E-state index contributed by atoms with van der Waals surface area (Å²) < 4.78 is 1.83. The first-order chi connectivity index (χ1) is 8.24. The summed E-state index contributed by atoms with van der Waals surface area (Å²) in [5, 5.41) is 8.40. The summed E-state index contributed by atoms with van der Waals surface area (Å²) in [6.07, 6.45) is 3.45. The van der Waals surface area contributed by atoms with E-state index in [1.807, 2.05) is 11.6 Å². The molecule has 2 aromatic heterocycles. The number of hydrogen-bond acceptors (Lipinski definition) is 4. The lowest BCUT2D eigenvalue weighted by atomic mass is 10.3. The van der Waals surface area contributed by atoms with Crippen molar-refractivity contribution in [1.29, 1.82) is 0 Å². The van der Waals surface area contributed by atoms with E-state index >= 15 is 0 Å². The second-order valence-corrected chi connectivity index (χ2v) is 4.08. The quantitative estimate of drug-likeness (QED) is 0.783. The van der Waals surface area contributed by atoms with E-state index in [9.17, 15) is 0 Å². The third-order valence-electron chi connectivity index (χ3n) is 2.37. The summed E-state index contributed by atoms with van der Waals surface area (Å²) in [6.45, 7) is 4.91. The first-order valence-corrected chi connectivity index (χ1v) is 6.04. The summed E-state index contributed by atoms with van der Waals surface area (Å²) in [5.41, 5.74) is 1.66. The van der Waals surface area contributed by atoms with Crippen LogP contribution < -0.4 is 0 Å². The van der Waals surface area contributed by atoms with E-state index < -0.39 is 0 Å². The van der Waals surface area contributed by atoms with Gasteiger partial charge in [-0.05, 0) is 6.42 Å². The van der Waals surface area contributed by atoms with Crippen molar-refractivity contribution in [3.8, 4) is 11.4 Å². The SMILES string of the molecule is CCCn1nncc1-c1cc(Cl)nc(CC)n1.